The number of amides is 3. The molecule has 0 aliphatic carbocycles. The minimum Gasteiger partial charge on any atom is -0.497 e. The summed E-state index contributed by atoms with van der Waals surface area (Å²) < 4.78 is 10.4. The van der Waals surface area contributed by atoms with Gasteiger partial charge in [0.15, 0.2) is 0 Å². The molecule has 26 heavy (non-hydrogen) atoms. The van der Waals surface area contributed by atoms with Crippen molar-refractivity contribution < 1.29 is 19.1 Å². The van der Waals surface area contributed by atoms with Gasteiger partial charge in [-0.1, -0.05) is 0 Å². The van der Waals surface area contributed by atoms with Crippen molar-refractivity contribution in [2.45, 2.75) is 32.7 Å². The van der Waals surface area contributed by atoms with Gasteiger partial charge in [0, 0.05) is 43.9 Å². The van der Waals surface area contributed by atoms with Gasteiger partial charge in [-0.2, -0.15) is 0 Å². The van der Waals surface area contributed by atoms with Gasteiger partial charge in [-0.3, -0.25) is 4.79 Å². The number of carbonyl (C=O) groups is 2. The summed E-state index contributed by atoms with van der Waals surface area (Å²) in [6, 6.07) is 5.25. The molecule has 0 bridgehead atoms. The second-order valence-electron chi connectivity index (χ2n) is 6.29. The fourth-order valence-corrected chi connectivity index (χ4v) is 3.12. The van der Waals surface area contributed by atoms with Crippen LogP contribution in [-0.4, -0.2) is 68.2 Å². The Hall–Kier alpha value is -2.44. The highest BCUT2D eigenvalue weighted by molar-refractivity contribution is 5.95. The first-order valence-electron chi connectivity index (χ1n) is 9.10. The molecule has 0 aromatic heterocycles. The first kappa shape index (κ1) is 19.9. The topological polar surface area (TPSA) is 71.1 Å². The van der Waals surface area contributed by atoms with Crippen LogP contribution >= 0.6 is 0 Å². The van der Waals surface area contributed by atoms with E-state index in [0.717, 1.165) is 12.8 Å². The first-order valence-corrected chi connectivity index (χ1v) is 9.10. The predicted octanol–water partition coefficient (Wildman–Crippen LogP) is 2.36. The molecule has 1 aliphatic rings. The summed E-state index contributed by atoms with van der Waals surface area (Å²) in [4.78, 5) is 28.6. The smallest absolute Gasteiger partial charge is 0.319 e. The van der Waals surface area contributed by atoms with Crippen LogP contribution in [0, 0.1) is 0 Å². The van der Waals surface area contributed by atoms with Crippen molar-refractivity contribution in [2.75, 3.05) is 40.4 Å². The molecule has 1 aromatic carbocycles. The Morgan fingerprint density at radius 1 is 1.08 bits per heavy atom. The lowest BCUT2D eigenvalue weighted by Crippen LogP contribution is -2.50. The molecule has 1 fully saturated rings. The van der Waals surface area contributed by atoms with Gasteiger partial charge in [-0.15, -0.1) is 0 Å². The highest BCUT2D eigenvalue weighted by Gasteiger charge is 2.26. The molecule has 1 aliphatic heterocycles. The molecular weight excluding hydrogens is 334 g/mol. The molecule has 0 atom stereocenters. The van der Waals surface area contributed by atoms with Crippen molar-refractivity contribution in [3.63, 3.8) is 0 Å². The molecule has 1 aromatic rings. The second kappa shape index (κ2) is 9.31. The Morgan fingerprint density at radius 2 is 1.62 bits per heavy atom. The summed E-state index contributed by atoms with van der Waals surface area (Å²) >= 11 is 0. The molecule has 1 saturated heterocycles. The van der Waals surface area contributed by atoms with Crippen LogP contribution in [0.1, 0.15) is 37.0 Å². The lowest BCUT2D eigenvalue weighted by molar-refractivity contribution is 0.0911. The third-order valence-electron chi connectivity index (χ3n) is 4.75. The Kier molecular flexibility index (Phi) is 7.12. The van der Waals surface area contributed by atoms with Gasteiger partial charge in [0.1, 0.15) is 11.5 Å². The maximum Gasteiger partial charge on any atom is 0.319 e. The van der Waals surface area contributed by atoms with Crippen LogP contribution < -0.4 is 14.8 Å². The van der Waals surface area contributed by atoms with Gasteiger partial charge in [0.2, 0.25) is 0 Å². The van der Waals surface area contributed by atoms with Crippen molar-refractivity contribution in [3.8, 4) is 11.5 Å². The fourth-order valence-electron chi connectivity index (χ4n) is 3.12. The maximum absolute atomic E-state index is 12.6. The molecule has 0 unspecified atom stereocenters. The lowest BCUT2D eigenvalue weighted by Gasteiger charge is -2.35. The minimum absolute atomic E-state index is 0.0560. The summed E-state index contributed by atoms with van der Waals surface area (Å²) in [6.07, 6.45) is 1.50. The van der Waals surface area contributed by atoms with E-state index in [1.165, 1.54) is 0 Å². The number of hydrogen-bond acceptors (Lipinski definition) is 4. The van der Waals surface area contributed by atoms with Gasteiger partial charge in [-0.05, 0) is 38.8 Å². The van der Waals surface area contributed by atoms with Crippen LogP contribution in [0.3, 0.4) is 0 Å². The highest BCUT2D eigenvalue weighted by atomic mass is 16.5. The average molecular weight is 363 g/mol. The number of likely N-dealkylation sites (tertiary alicyclic amines) is 1. The van der Waals surface area contributed by atoms with Crippen molar-refractivity contribution >= 4 is 11.9 Å². The maximum atomic E-state index is 12.6. The van der Waals surface area contributed by atoms with E-state index in [2.05, 4.69) is 5.32 Å². The van der Waals surface area contributed by atoms with Crippen LogP contribution in [0.25, 0.3) is 0 Å². The second-order valence-corrected chi connectivity index (χ2v) is 6.29. The van der Waals surface area contributed by atoms with Crippen LogP contribution in [-0.2, 0) is 0 Å². The summed E-state index contributed by atoms with van der Waals surface area (Å²) in [5.74, 6) is 0.999. The zero-order chi connectivity index (χ0) is 19.1. The number of hydrogen-bond donors (Lipinski definition) is 1. The van der Waals surface area contributed by atoms with Gasteiger partial charge in [-0.25, -0.2) is 4.79 Å². The number of nitrogens with one attached hydrogen (secondary N) is 1. The number of urea groups is 1. The van der Waals surface area contributed by atoms with E-state index in [9.17, 15) is 9.59 Å². The third-order valence-corrected chi connectivity index (χ3v) is 4.75. The highest BCUT2D eigenvalue weighted by Crippen LogP contribution is 2.23. The summed E-state index contributed by atoms with van der Waals surface area (Å²) in [7, 11) is 3.11. The SMILES string of the molecule is CCN(CC)C(=O)N1CCC(NC(=O)c2cc(OC)cc(OC)c2)CC1. The average Bonchev–Trinajstić information content (AvgIpc) is 2.68. The van der Waals surface area contributed by atoms with Gasteiger partial charge < -0.3 is 24.6 Å². The Morgan fingerprint density at radius 3 is 2.08 bits per heavy atom. The molecule has 7 nitrogen and oxygen atoms in total. The van der Waals surface area contributed by atoms with Crippen molar-refractivity contribution in [1.82, 2.24) is 15.1 Å². The summed E-state index contributed by atoms with van der Waals surface area (Å²) in [6.45, 7) is 6.70. The Bertz CT molecular complexity index is 601. The van der Waals surface area contributed by atoms with E-state index < -0.39 is 0 Å². The molecule has 2 rings (SSSR count). The number of piperidine rings is 1. The van der Waals surface area contributed by atoms with E-state index >= 15 is 0 Å². The first-order chi connectivity index (χ1) is 12.5. The van der Waals surface area contributed by atoms with Crippen LogP contribution in [0.5, 0.6) is 11.5 Å². The Labute approximate surface area is 155 Å². The molecule has 0 radical (unpaired) electrons. The van der Waals surface area contributed by atoms with Crippen LogP contribution in [0.2, 0.25) is 0 Å². The van der Waals surface area contributed by atoms with Crippen molar-refractivity contribution in [1.29, 1.82) is 0 Å². The van der Waals surface area contributed by atoms with Crippen LogP contribution in [0.4, 0.5) is 4.79 Å². The largest absolute Gasteiger partial charge is 0.497 e. The fraction of sp³-hybridized carbons (Fsp3) is 0.579. The van der Waals surface area contributed by atoms with E-state index in [0.29, 0.717) is 43.2 Å². The van der Waals surface area contributed by atoms with Crippen LogP contribution in [0.15, 0.2) is 18.2 Å². The zero-order valence-electron chi connectivity index (χ0n) is 16.1. The van der Waals surface area contributed by atoms with Gasteiger partial charge in [0.25, 0.3) is 5.91 Å². The zero-order valence-corrected chi connectivity index (χ0v) is 16.1. The minimum atomic E-state index is -0.157. The van der Waals surface area contributed by atoms with Crippen molar-refractivity contribution in [2.24, 2.45) is 0 Å². The quantitative estimate of drug-likeness (QED) is 0.842. The molecule has 144 valence electrons. The number of methoxy groups -OCH3 is 2. The monoisotopic (exact) mass is 363 g/mol. The third kappa shape index (κ3) is 4.80. The van der Waals surface area contributed by atoms with E-state index in [1.54, 1.807) is 32.4 Å². The number of nitrogens with zero attached hydrogens (tertiary/aromatic N) is 2. The summed E-state index contributed by atoms with van der Waals surface area (Å²) in [5, 5.41) is 3.05. The summed E-state index contributed by atoms with van der Waals surface area (Å²) in [5.41, 5.74) is 0.503. The lowest BCUT2D eigenvalue weighted by atomic mass is 10.0. The molecule has 0 spiro atoms. The standard InChI is InChI=1S/C19H29N3O4/c1-5-21(6-2)19(24)22-9-7-15(8-10-22)20-18(23)14-11-16(25-3)13-17(12-14)26-4/h11-13,15H,5-10H2,1-4H3,(H,20,23). The molecule has 7 heteroatoms. The molecule has 3 amide bonds. The van der Waals surface area contributed by atoms with Crippen molar-refractivity contribution in [3.05, 3.63) is 23.8 Å². The van der Waals surface area contributed by atoms with Gasteiger partial charge >= 0.3 is 6.03 Å². The number of ether oxygens (including phenoxy) is 2. The van der Waals surface area contributed by atoms with E-state index in [4.69, 9.17) is 9.47 Å². The van der Waals surface area contributed by atoms with Gasteiger partial charge in [0.05, 0.1) is 14.2 Å². The molecular formula is C19H29N3O4. The molecule has 0 saturated carbocycles. The Balaban J connectivity index is 1.93. The predicted molar refractivity (Wildman–Crippen MR) is 99.9 cm³/mol. The van der Waals surface area contributed by atoms with E-state index in [1.807, 2.05) is 23.6 Å². The number of rotatable bonds is 6. The normalized spacial score (nSPS) is 14.7. The molecule has 1 heterocycles. The molecule has 1 N–H and O–H groups in total. The number of benzene rings is 1. The van der Waals surface area contributed by atoms with E-state index in [-0.39, 0.29) is 18.0 Å². The number of carbonyl (C=O) groups excluding carboxylic acids is 2.